The number of carbonyl (C=O) groups is 1. The van der Waals surface area contributed by atoms with E-state index in [1.165, 1.54) is 6.20 Å². The third-order valence-corrected chi connectivity index (χ3v) is 2.53. The van der Waals surface area contributed by atoms with E-state index in [9.17, 15) is 4.79 Å². The SMILES string of the molecule is Nc1ccc(NC(=O)C2CCCCO2)cn1. The van der Waals surface area contributed by atoms with Crippen LogP contribution in [0, 0.1) is 0 Å². The van der Waals surface area contributed by atoms with Crippen molar-refractivity contribution in [2.24, 2.45) is 0 Å². The van der Waals surface area contributed by atoms with Gasteiger partial charge in [0.15, 0.2) is 0 Å². The molecular weight excluding hydrogens is 206 g/mol. The van der Waals surface area contributed by atoms with Crippen LogP contribution in [0.1, 0.15) is 19.3 Å². The van der Waals surface area contributed by atoms with Gasteiger partial charge in [-0.2, -0.15) is 0 Å². The van der Waals surface area contributed by atoms with E-state index in [1.807, 2.05) is 0 Å². The molecule has 1 fully saturated rings. The molecule has 16 heavy (non-hydrogen) atoms. The molecule has 1 saturated heterocycles. The first-order valence-electron chi connectivity index (χ1n) is 5.40. The van der Waals surface area contributed by atoms with Gasteiger partial charge >= 0.3 is 0 Å². The number of hydrogen-bond acceptors (Lipinski definition) is 4. The van der Waals surface area contributed by atoms with E-state index < -0.39 is 0 Å². The van der Waals surface area contributed by atoms with Gasteiger partial charge in [-0.25, -0.2) is 4.98 Å². The lowest BCUT2D eigenvalue weighted by Gasteiger charge is -2.21. The van der Waals surface area contributed by atoms with E-state index >= 15 is 0 Å². The zero-order chi connectivity index (χ0) is 11.4. The lowest BCUT2D eigenvalue weighted by atomic mass is 10.1. The summed E-state index contributed by atoms with van der Waals surface area (Å²) in [5.74, 6) is 0.332. The lowest BCUT2D eigenvalue weighted by molar-refractivity contribution is -0.129. The average Bonchev–Trinajstić information content (AvgIpc) is 2.33. The van der Waals surface area contributed by atoms with Crippen LogP contribution in [-0.2, 0) is 9.53 Å². The highest BCUT2D eigenvalue weighted by molar-refractivity contribution is 5.94. The summed E-state index contributed by atoms with van der Waals surface area (Å²) in [5.41, 5.74) is 6.10. The van der Waals surface area contributed by atoms with Crippen molar-refractivity contribution in [2.45, 2.75) is 25.4 Å². The van der Waals surface area contributed by atoms with E-state index in [1.54, 1.807) is 12.1 Å². The molecule has 3 N–H and O–H groups in total. The molecular formula is C11H15N3O2. The third-order valence-electron chi connectivity index (χ3n) is 2.53. The summed E-state index contributed by atoms with van der Waals surface area (Å²) in [5, 5.41) is 2.76. The summed E-state index contributed by atoms with van der Waals surface area (Å²) in [6, 6.07) is 3.38. The van der Waals surface area contributed by atoms with Crippen molar-refractivity contribution in [1.82, 2.24) is 4.98 Å². The summed E-state index contributed by atoms with van der Waals surface area (Å²) in [4.78, 5) is 15.7. The number of pyridine rings is 1. The van der Waals surface area contributed by atoms with E-state index in [4.69, 9.17) is 10.5 Å². The topological polar surface area (TPSA) is 77.2 Å². The van der Waals surface area contributed by atoms with E-state index in [2.05, 4.69) is 10.3 Å². The summed E-state index contributed by atoms with van der Waals surface area (Å²) >= 11 is 0. The third kappa shape index (κ3) is 2.70. The molecule has 0 aliphatic carbocycles. The molecule has 0 saturated carbocycles. The van der Waals surface area contributed by atoms with Crippen LogP contribution >= 0.6 is 0 Å². The number of rotatable bonds is 2. The van der Waals surface area contributed by atoms with E-state index in [0.717, 1.165) is 19.3 Å². The van der Waals surface area contributed by atoms with Crippen molar-refractivity contribution in [3.05, 3.63) is 18.3 Å². The molecule has 0 radical (unpaired) electrons. The number of carbonyl (C=O) groups excluding carboxylic acids is 1. The number of nitrogens with two attached hydrogens (primary N) is 1. The first-order chi connectivity index (χ1) is 7.75. The number of aromatic nitrogens is 1. The first-order valence-corrected chi connectivity index (χ1v) is 5.40. The van der Waals surface area contributed by atoms with Gasteiger partial charge in [-0.15, -0.1) is 0 Å². The monoisotopic (exact) mass is 221 g/mol. The maximum Gasteiger partial charge on any atom is 0.253 e. The van der Waals surface area contributed by atoms with Crippen LogP contribution in [0.3, 0.4) is 0 Å². The van der Waals surface area contributed by atoms with Gasteiger partial charge in [-0.1, -0.05) is 0 Å². The second kappa shape index (κ2) is 4.94. The molecule has 1 aliphatic heterocycles. The number of nitrogens with one attached hydrogen (secondary N) is 1. The number of anilines is 2. The molecule has 2 heterocycles. The maximum absolute atomic E-state index is 11.8. The maximum atomic E-state index is 11.8. The highest BCUT2D eigenvalue weighted by atomic mass is 16.5. The van der Waals surface area contributed by atoms with Crippen molar-refractivity contribution in [3.63, 3.8) is 0 Å². The van der Waals surface area contributed by atoms with Gasteiger partial charge in [-0.3, -0.25) is 4.79 Å². The number of amides is 1. The number of nitrogen functional groups attached to an aromatic ring is 1. The summed E-state index contributed by atoms with van der Waals surface area (Å²) in [7, 11) is 0. The lowest BCUT2D eigenvalue weighted by Crippen LogP contribution is -2.33. The highest BCUT2D eigenvalue weighted by Gasteiger charge is 2.21. The molecule has 0 aromatic carbocycles. The molecule has 5 heteroatoms. The van der Waals surface area contributed by atoms with Gasteiger partial charge < -0.3 is 15.8 Å². The molecule has 1 aromatic rings. The molecule has 1 aromatic heterocycles. The van der Waals surface area contributed by atoms with Crippen molar-refractivity contribution in [1.29, 1.82) is 0 Å². The van der Waals surface area contributed by atoms with Crippen molar-refractivity contribution < 1.29 is 9.53 Å². The molecule has 1 aliphatic rings. The Morgan fingerprint density at radius 3 is 3.00 bits per heavy atom. The van der Waals surface area contributed by atoms with Crippen LogP contribution in [0.15, 0.2) is 18.3 Å². The molecule has 1 atom stereocenters. The average molecular weight is 221 g/mol. The molecule has 86 valence electrons. The van der Waals surface area contributed by atoms with Crippen molar-refractivity contribution in [3.8, 4) is 0 Å². The van der Waals surface area contributed by atoms with Gasteiger partial charge in [0, 0.05) is 6.61 Å². The summed E-state index contributed by atoms with van der Waals surface area (Å²) in [6.07, 6.45) is 4.07. The Balaban J connectivity index is 1.93. The van der Waals surface area contributed by atoms with Gasteiger partial charge in [0.05, 0.1) is 11.9 Å². The van der Waals surface area contributed by atoms with Crippen LogP contribution in [0.4, 0.5) is 11.5 Å². The highest BCUT2D eigenvalue weighted by Crippen LogP contribution is 2.15. The number of hydrogen-bond donors (Lipinski definition) is 2. The summed E-state index contributed by atoms with van der Waals surface area (Å²) < 4.78 is 5.38. The Hall–Kier alpha value is -1.62. The quantitative estimate of drug-likeness (QED) is 0.786. The zero-order valence-corrected chi connectivity index (χ0v) is 8.98. The Morgan fingerprint density at radius 1 is 1.50 bits per heavy atom. The molecule has 0 bridgehead atoms. The smallest absolute Gasteiger partial charge is 0.253 e. The molecule has 1 amide bonds. The fourth-order valence-electron chi connectivity index (χ4n) is 1.65. The van der Waals surface area contributed by atoms with Crippen LogP contribution in [0.25, 0.3) is 0 Å². The first kappa shape index (κ1) is 10.9. The Morgan fingerprint density at radius 2 is 2.38 bits per heavy atom. The van der Waals surface area contributed by atoms with E-state index in [0.29, 0.717) is 18.1 Å². The Labute approximate surface area is 94.0 Å². The second-order valence-corrected chi connectivity index (χ2v) is 3.82. The normalized spacial score (nSPS) is 20.4. The van der Waals surface area contributed by atoms with Gasteiger partial charge in [0.2, 0.25) is 0 Å². The predicted octanol–water partition coefficient (Wildman–Crippen LogP) is 1.17. The Kier molecular flexibility index (Phi) is 3.36. The largest absolute Gasteiger partial charge is 0.384 e. The van der Waals surface area contributed by atoms with Gasteiger partial charge in [-0.05, 0) is 31.4 Å². The fraction of sp³-hybridized carbons (Fsp3) is 0.455. The van der Waals surface area contributed by atoms with Crippen molar-refractivity contribution >= 4 is 17.4 Å². The van der Waals surface area contributed by atoms with Crippen molar-refractivity contribution in [2.75, 3.05) is 17.7 Å². The second-order valence-electron chi connectivity index (χ2n) is 3.82. The zero-order valence-electron chi connectivity index (χ0n) is 8.98. The fourth-order valence-corrected chi connectivity index (χ4v) is 1.65. The van der Waals surface area contributed by atoms with Gasteiger partial charge in [0.1, 0.15) is 11.9 Å². The van der Waals surface area contributed by atoms with Crippen LogP contribution < -0.4 is 11.1 Å². The molecule has 0 spiro atoms. The predicted molar refractivity (Wildman–Crippen MR) is 60.9 cm³/mol. The summed E-state index contributed by atoms with van der Waals surface area (Å²) in [6.45, 7) is 0.665. The number of nitrogens with zero attached hydrogens (tertiary/aromatic N) is 1. The van der Waals surface area contributed by atoms with Crippen LogP contribution in [-0.4, -0.2) is 23.6 Å². The molecule has 2 rings (SSSR count). The minimum atomic E-state index is -0.327. The standard InChI is InChI=1S/C11H15N3O2/c12-10-5-4-8(7-13-10)14-11(15)9-3-1-2-6-16-9/h4-5,7,9H,1-3,6H2,(H2,12,13)(H,14,15). The van der Waals surface area contributed by atoms with Crippen LogP contribution in [0.5, 0.6) is 0 Å². The minimum absolute atomic E-state index is 0.105. The van der Waals surface area contributed by atoms with E-state index in [-0.39, 0.29) is 12.0 Å². The molecule has 5 nitrogen and oxygen atoms in total. The van der Waals surface area contributed by atoms with Crippen LogP contribution in [0.2, 0.25) is 0 Å². The number of ether oxygens (including phenoxy) is 1. The Bertz CT molecular complexity index is 358. The molecule has 1 unspecified atom stereocenters. The minimum Gasteiger partial charge on any atom is -0.384 e. The van der Waals surface area contributed by atoms with Gasteiger partial charge in [0.25, 0.3) is 5.91 Å².